The number of nitrogens with one attached hydrogen (secondary N) is 1. The second kappa shape index (κ2) is 5.47. The summed E-state index contributed by atoms with van der Waals surface area (Å²) in [6.07, 6.45) is 0. The van der Waals surface area contributed by atoms with E-state index in [0.717, 1.165) is 0 Å². The summed E-state index contributed by atoms with van der Waals surface area (Å²) in [6, 6.07) is 4.19. The van der Waals surface area contributed by atoms with Crippen LogP contribution >= 0.6 is 0 Å². The van der Waals surface area contributed by atoms with Crippen LogP contribution in [0.15, 0.2) is 18.2 Å². The molecule has 0 radical (unpaired) electrons. The van der Waals surface area contributed by atoms with Crippen molar-refractivity contribution in [1.82, 2.24) is 15.2 Å². The van der Waals surface area contributed by atoms with Crippen LogP contribution in [0.4, 0.5) is 4.39 Å². The molecule has 19 heavy (non-hydrogen) atoms. The van der Waals surface area contributed by atoms with Gasteiger partial charge in [0, 0.05) is 5.56 Å². The lowest BCUT2D eigenvalue weighted by atomic mass is 10.2. The fraction of sp³-hybridized carbons (Fsp3) is 0.250. The number of methoxy groups -OCH3 is 1. The maximum absolute atomic E-state index is 13.3. The Morgan fingerprint density at radius 3 is 2.95 bits per heavy atom. The number of carbonyl (C=O) groups excluding carboxylic acids is 1. The standard InChI is InChI=1S/C12H12FN3O3/c1-3-19-12(17)11-14-10(15-16-11)7-4-5-8(13)9(6-7)18-2/h4-6H,3H2,1-2H3,(H,14,15,16). The molecule has 1 N–H and O–H groups in total. The number of esters is 1. The first-order valence-electron chi connectivity index (χ1n) is 5.59. The van der Waals surface area contributed by atoms with Crippen LogP contribution in [0.3, 0.4) is 0 Å². The van der Waals surface area contributed by atoms with Crippen molar-refractivity contribution in [2.75, 3.05) is 13.7 Å². The summed E-state index contributed by atoms with van der Waals surface area (Å²) in [7, 11) is 1.37. The molecular formula is C12H12FN3O3. The van der Waals surface area contributed by atoms with Gasteiger partial charge in [-0.3, -0.25) is 5.10 Å². The molecule has 0 aliphatic rings. The zero-order valence-electron chi connectivity index (χ0n) is 10.4. The average Bonchev–Trinajstić information content (AvgIpc) is 2.89. The van der Waals surface area contributed by atoms with Crippen LogP contribution in [0, 0.1) is 5.82 Å². The molecule has 0 aliphatic heterocycles. The molecule has 0 aliphatic carbocycles. The Bertz CT molecular complexity index is 598. The molecule has 0 saturated carbocycles. The number of aromatic nitrogens is 3. The van der Waals surface area contributed by atoms with Gasteiger partial charge in [-0.05, 0) is 25.1 Å². The highest BCUT2D eigenvalue weighted by Gasteiger charge is 2.15. The summed E-state index contributed by atoms with van der Waals surface area (Å²) in [5.41, 5.74) is 0.532. The van der Waals surface area contributed by atoms with Gasteiger partial charge in [-0.15, -0.1) is 0 Å². The monoisotopic (exact) mass is 265 g/mol. The van der Waals surface area contributed by atoms with Crippen molar-refractivity contribution in [3.63, 3.8) is 0 Å². The molecule has 0 atom stereocenters. The van der Waals surface area contributed by atoms with Gasteiger partial charge in [0.1, 0.15) is 0 Å². The molecule has 2 rings (SSSR count). The number of hydrogen-bond acceptors (Lipinski definition) is 5. The van der Waals surface area contributed by atoms with E-state index in [1.165, 1.54) is 25.3 Å². The van der Waals surface area contributed by atoms with E-state index in [-0.39, 0.29) is 24.0 Å². The minimum Gasteiger partial charge on any atom is -0.494 e. The Labute approximate surface area is 108 Å². The number of aromatic amines is 1. The molecule has 0 fully saturated rings. The number of rotatable bonds is 4. The van der Waals surface area contributed by atoms with E-state index in [1.54, 1.807) is 6.92 Å². The molecule has 1 aromatic heterocycles. The van der Waals surface area contributed by atoms with Gasteiger partial charge in [0.15, 0.2) is 17.4 Å². The van der Waals surface area contributed by atoms with Crippen LogP contribution in [-0.2, 0) is 4.74 Å². The second-order valence-corrected chi connectivity index (χ2v) is 3.58. The van der Waals surface area contributed by atoms with Crippen molar-refractivity contribution in [2.45, 2.75) is 6.92 Å². The van der Waals surface area contributed by atoms with Crippen molar-refractivity contribution in [2.24, 2.45) is 0 Å². The molecule has 0 unspecified atom stereocenters. The Balaban J connectivity index is 2.30. The third kappa shape index (κ3) is 2.70. The van der Waals surface area contributed by atoms with Gasteiger partial charge in [0.25, 0.3) is 0 Å². The van der Waals surface area contributed by atoms with E-state index in [1.807, 2.05) is 0 Å². The molecule has 7 heteroatoms. The fourth-order valence-corrected chi connectivity index (χ4v) is 1.48. The van der Waals surface area contributed by atoms with Gasteiger partial charge in [-0.2, -0.15) is 5.10 Å². The van der Waals surface area contributed by atoms with Crippen LogP contribution in [-0.4, -0.2) is 34.9 Å². The van der Waals surface area contributed by atoms with Crippen LogP contribution in [0.5, 0.6) is 5.75 Å². The summed E-state index contributed by atoms with van der Waals surface area (Å²) < 4.78 is 22.9. The first kappa shape index (κ1) is 13.0. The summed E-state index contributed by atoms with van der Waals surface area (Å²) in [5.74, 6) is -0.718. The molecule has 100 valence electrons. The number of ether oxygens (including phenoxy) is 2. The van der Waals surface area contributed by atoms with Gasteiger partial charge < -0.3 is 9.47 Å². The van der Waals surface area contributed by atoms with Crippen LogP contribution in [0.2, 0.25) is 0 Å². The number of H-pyrrole nitrogens is 1. The summed E-state index contributed by atoms with van der Waals surface area (Å²) in [6.45, 7) is 1.94. The highest BCUT2D eigenvalue weighted by atomic mass is 19.1. The molecule has 0 saturated heterocycles. The number of hydrogen-bond donors (Lipinski definition) is 1. The number of nitrogens with zero attached hydrogens (tertiary/aromatic N) is 2. The second-order valence-electron chi connectivity index (χ2n) is 3.58. The maximum atomic E-state index is 13.3. The minimum atomic E-state index is -0.588. The molecule has 1 aromatic carbocycles. The van der Waals surface area contributed by atoms with Gasteiger partial charge in [0.2, 0.25) is 5.82 Å². The summed E-state index contributed by atoms with van der Waals surface area (Å²) >= 11 is 0. The smallest absolute Gasteiger partial charge is 0.375 e. The summed E-state index contributed by atoms with van der Waals surface area (Å²) in [4.78, 5) is 15.4. The third-order valence-corrected chi connectivity index (χ3v) is 2.36. The average molecular weight is 265 g/mol. The molecule has 0 spiro atoms. The SMILES string of the molecule is CCOC(=O)c1nc(-c2ccc(F)c(OC)c2)n[nH]1. The Kier molecular flexibility index (Phi) is 3.74. The number of benzene rings is 1. The largest absolute Gasteiger partial charge is 0.494 e. The van der Waals surface area contributed by atoms with Crippen molar-refractivity contribution in [3.05, 3.63) is 29.8 Å². The lowest BCUT2D eigenvalue weighted by molar-refractivity contribution is 0.0512. The molecule has 0 amide bonds. The number of carbonyl (C=O) groups is 1. The Morgan fingerprint density at radius 2 is 2.26 bits per heavy atom. The van der Waals surface area contributed by atoms with E-state index < -0.39 is 11.8 Å². The predicted molar refractivity (Wildman–Crippen MR) is 64.3 cm³/mol. The molecular weight excluding hydrogens is 253 g/mol. The van der Waals surface area contributed by atoms with Crippen molar-refractivity contribution in [3.8, 4) is 17.1 Å². The quantitative estimate of drug-likeness (QED) is 0.853. The molecule has 0 bridgehead atoms. The predicted octanol–water partition coefficient (Wildman–Crippen LogP) is 1.80. The fourth-order valence-electron chi connectivity index (χ4n) is 1.48. The third-order valence-electron chi connectivity index (χ3n) is 2.36. The highest BCUT2D eigenvalue weighted by molar-refractivity contribution is 5.85. The van der Waals surface area contributed by atoms with Gasteiger partial charge in [-0.1, -0.05) is 0 Å². The van der Waals surface area contributed by atoms with Crippen LogP contribution in [0.1, 0.15) is 17.5 Å². The zero-order chi connectivity index (χ0) is 13.8. The minimum absolute atomic E-state index is 0.000131. The first-order valence-corrected chi connectivity index (χ1v) is 5.59. The number of halogens is 1. The summed E-state index contributed by atoms with van der Waals surface area (Å²) in [5, 5.41) is 6.35. The van der Waals surface area contributed by atoms with Gasteiger partial charge in [-0.25, -0.2) is 14.2 Å². The lowest BCUT2D eigenvalue weighted by Gasteiger charge is -2.02. The Morgan fingerprint density at radius 1 is 1.47 bits per heavy atom. The van der Waals surface area contributed by atoms with Crippen LogP contribution < -0.4 is 4.74 Å². The molecule has 6 nitrogen and oxygen atoms in total. The topological polar surface area (TPSA) is 77.1 Å². The zero-order valence-corrected chi connectivity index (χ0v) is 10.4. The van der Waals surface area contributed by atoms with E-state index in [9.17, 15) is 9.18 Å². The molecule has 1 heterocycles. The highest BCUT2D eigenvalue weighted by Crippen LogP contribution is 2.23. The van der Waals surface area contributed by atoms with E-state index >= 15 is 0 Å². The van der Waals surface area contributed by atoms with Gasteiger partial charge >= 0.3 is 5.97 Å². The van der Waals surface area contributed by atoms with E-state index in [2.05, 4.69) is 15.2 Å². The van der Waals surface area contributed by atoms with Crippen molar-refractivity contribution in [1.29, 1.82) is 0 Å². The van der Waals surface area contributed by atoms with Crippen LogP contribution in [0.25, 0.3) is 11.4 Å². The van der Waals surface area contributed by atoms with Gasteiger partial charge in [0.05, 0.1) is 13.7 Å². The maximum Gasteiger partial charge on any atom is 0.375 e. The van der Waals surface area contributed by atoms with Crippen molar-refractivity contribution < 1.29 is 18.7 Å². The Hall–Kier alpha value is -2.44. The first-order chi connectivity index (χ1) is 9.15. The van der Waals surface area contributed by atoms with E-state index in [0.29, 0.717) is 5.56 Å². The van der Waals surface area contributed by atoms with Crippen molar-refractivity contribution >= 4 is 5.97 Å². The van der Waals surface area contributed by atoms with E-state index in [4.69, 9.17) is 9.47 Å². The molecule has 2 aromatic rings. The normalized spacial score (nSPS) is 10.3. The lowest BCUT2D eigenvalue weighted by Crippen LogP contribution is -2.06.